The highest BCUT2D eigenvalue weighted by Crippen LogP contribution is 2.39. The third-order valence-electron chi connectivity index (χ3n) is 5.42. The highest BCUT2D eigenvalue weighted by molar-refractivity contribution is 7.89. The number of rotatable bonds is 8. The number of carbonyl (C=O) groups excluding carboxylic acids is 2. The molecule has 1 aromatic carbocycles. The minimum atomic E-state index is -3.75. The van der Waals surface area contributed by atoms with E-state index in [0.29, 0.717) is 12.2 Å². The van der Waals surface area contributed by atoms with Crippen LogP contribution in [0.1, 0.15) is 37.5 Å². The van der Waals surface area contributed by atoms with Gasteiger partial charge in [0.25, 0.3) is 0 Å². The Bertz CT molecular complexity index is 1040. The number of benzene rings is 1. The van der Waals surface area contributed by atoms with E-state index in [4.69, 9.17) is 4.42 Å². The summed E-state index contributed by atoms with van der Waals surface area (Å²) in [4.78, 5) is 26.4. The maximum atomic E-state index is 12.6. The predicted molar refractivity (Wildman–Crippen MR) is 110 cm³/mol. The van der Waals surface area contributed by atoms with Crippen molar-refractivity contribution in [2.45, 2.75) is 50.1 Å². The van der Waals surface area contributed by atoms with Gasteiger partial charge in [0.15, 0.2) is 0 Å². The predicted octanol–water partition coefficient (Wildman–Crippen LogP) is 1.95. The molecule has 0 saturated heterocycles. The van der Waals surface area contributed by atoms with Crippen LogP contribution in [0.4, 0.5) is 5.69 Å². The van der Waals surface area contributed by atoms with Crippen molar-refractivity contribution in [2.75, 3.05) is 11.4 Å². The molecule has 1 aliphatic carbocycles. The van der Waals surface area contributed by atoms with Gasteiger partial charge in [-0.25, -0.2) is 13.1 Å². The topological polar surface area (TPSA) is 109 Å². The summed E-state index contributed by atoms with van der Waals surface area (Å²) in [7, 11) is -3.75. The fourth-order valence-corrected chi connectivity index (χ4v) is 4.79. The van der Waals surface area contributed by atoms with E-state index in [1.54, 1.807) is 29.2 Å². The van der Waals surface area contributed by atoms with Gasteiger partial charge in [-0.15, -0.1) is 0 Å². The van der Waals surface area contributed by atoms with Gasteiger partial charge in [-0.05, 0) is 62.1 Å². The largest absolute Gasteiger partial charge is 0.467 e. The number of nitrogens with zero attached hydrogens (tertiary/aromatic N) is 1. The highest BCUT2D eigenvalue weighted by Gasteiger charge is 2.39. The number of furan rings is 1. The number of anilines is 1. The number of fused-ring (bicyclic) bond motifs is 1. The summed E-state index contributed by atoms with van der Waals surface area (Å²) in [6.45, 7) is 2.23. The second-order valence-corrected chi connectivity index (χ2v) is 9.60. The van der Waals surface area contributed by atoms with Crippen molar-refractivity contribution in [1.82, 2.24) is 10.0 Å². The van der Waals surface area contributed by atoms with Crippen LogP contribution < -0.4 is 14.9 Å². The molecule has 1 saturated carbocycles. The Labute approximate surface area is 175 Å². The third kappa shape index (κ3) is 4.41. The lowest BCUT2D eigenvalue weighted by atomic mass is 10.1. The van der Waals surface area contributed by atoms with Gasteiger partial charge in [-0.3, -0.25) is 9.59 Å². The lowest BCUT2D eigenvalue weighted by Crippen LogP contribution is -2.36. The number of hydrogen-bond donors (Lipinski definition) is 2. The summed E-state index contributed by atoms with van der Waals surface area (Å²) in [5.41, 5.74) is 1.66. The third-order valence-corrected chi connectivity index (χ3v) is 6.88. The molecule has 0 spiro atoms. The Balaban J connectivity index is 1.35. The van der Waals surface area contributed by atoms with E-state index in [-0.39, 0.29) is 48.2 Å². The van der Waals surface area contributed by atoms with Crippen molar-refractivity contribution in [3.8, 4) is 0 Å². The lowest BCUT2D eigenvalue weighted by Gasteiger charge is -2.22. The molecular formula is C21H25N3O5S. The number of amides is 2. The minimum absolute atomic E-state index is 0.00784. The number of hydrogen-bond acceptors (Lipinski definition) is 5. The zero-order valence-electron chi connectivity index (χ0n) is 16.8. The molecule has 2 amide bonds. The van der Waals surface area contributed by atoms with E-state index in [1.807, 2.05) is 6.92 Å². The number of nitrogens with one attached hydrogen (secondary N) is 2. The van der Waals surface area contributed by atoms with E-state index < -0.39 is 10.0 Å². The summed E-state index contributed by atoms with van der Waals surface area (Å²) < 4.78 is 32.9. The first kappa shape index (κ1) is 20.6. The summed E-state index contributed by atoms with van der Waals surface area (Å²) in [5, 5.41) is 2.67. The SMILES string of the molecule is C[C@H]1Cc2cc(S(=O)(=O)NCCC(=O)NCc3ccco3)ccc2N1C(=O)C1CC1. The molecule has 8 nitrogen and oxygen atoms in total. The quantitative estimate of drug-likeness (QED) is 0.664. The van der Waals surface area contributed by atoms with Gasteiger partial charge in [0.05, 0.1) is 17.7 Å². The summed E-state index contributed by atoms with van der Waals surface area (Å²) in [5.74, 6) is 0.606. The van der Waals surface area contributed by atoms with Gasteiger partial charge in [0.1, 0.15) is 5.76 Å². The number of carbonyl (C=O) groups is 2. The van der Waals surface area contributed by atoms with Crippen LogP contribution in [0.25, 0.3) is 0 Å². The average Bonchev–Trinajstić information content (AvgIpc) is 3.32. The number of sulfonamides is 1. The van der Waals surface area contributed by atoms with E-state index in [9.17, 15) is 18.0 Å². The zero-order chi connectivity index (χ0) is 21.3. The van der Waals surface area contributed by atoms with Crippen LogP contribution >= 0.6 is 0 Å². The van der Waals surface area contributed by atoms with Gasteiger partial charge in [-0.1, -0.05) is 0 Å². The first-order valence-electron chi connectivity index (χ1n) is 10.1. The molecule has 1 aromatic heterocycles. The van der Waals surface area contributed by atoms with Crippen molar-refractivity contribution in [1.29, 1.82) is 0 Å². The molecule has 1 aliphatic heterocycles. The summed E-state index contributed by atoms with van der Waals surface area (Å²) in [6, 6.07) is 8.36. The van der Waals surface area contributed by atoms with Crippen LogP contribution in [-0.2, 0) is 32.6 Å². The molecule has 2 aliphatic rings. The van der Waals surface area contributed by atoms with Gasteiger partial charge >= 0.3 is 0 Å². The first-order chi connectivity index (χ1) is 14.3. The second-order valence-electron chi connectivity index (χ2n) is 7.83. The second kappa shape index (κ2) is 8.23. The highest BCUT2D eigenvalue weighted by atomic mass is 32.2. The first-order valence-corrected chi connectivity index (χ1v) is 11.6. The van der Waals surface area contributed by atoms with E-state index >= 15 is 0 Å². The molecular weight excluding hydrogens is 406 g/mol. The van der Waals surface area contributed by atoms with E-state index in [1.165, 1.54) is 12.3 Å². The van der Waals surface area contributed by atoms with Crippen LogP contribution in [0.2, 0.25) is 0 Å². The van der Waals surface area contributed by atoms with Crippen molar-refractivity contribution >= 4 is 27.5 Å². The van der Waals surface area contributed by atoms with E-state index in [0.717, 1.165) is 24.1 Å². The Morgan fingerprint density at radius 3 is 2.73 bits per heavy atom. The standard InChI is InChI=1S/C21H25N3O5S/c1-14-11-16-12-18(6-7-19(16)24(14)21(26)15-4-5-15)30(27,28)23-9-8-20(25)22-13-17-3-2-10-29-17/h2-3,6-7,10,12,14-15,23H,4-5,8-9,11,13H2,1H3,(H,22,25)/t14-/m0/s1. The average molecular weight is 432 g/mol. The zero-order valence-corrected chi connectivity index (χ0v) is 17.6. The molecule has 1 atom stereocenters. The van der Waals surface area contributed by atoms with Gasteiger partial charge in [0, 0.05) is 30.6 Å². The Hall–Kier alpha value is -2.65. The normalized spacial score (nSPS) is 18.3. The van der Waals surface area contributed by atoms with Crippen LogP contribution in [0.5, 0.6) is 0 Å². The Kier molecular flexibility index (Phi) is 5.66. The monoisotopic (exact) mass is 431 g/mol. The molecule has 0 bridgehead atoms. The summed E-state index contributed by atoms with van der Waals surface area (Å²) >= 11 is 0. The molecule has 2 N–H and O–H groups in total. The van der Waals surface area contributed by atoms with Gasteiger partial charge in [0.2, 0.25) is 21.8 Å². The van der Waals surface area contributed by atoms with Crippen LogP contribution in [-0.4, -0.2) is 32.8 Å². The molecule has 0 radical (unpaired) electrons. The van der Waals surface area contributed by atoms with Crippen LogP contribution in [0.15, 0.2) is 45.9 Å². The molecule has 160 valence electrons. The fourth-order valence-electron chi connectivity index (χ4n) is 3.71. The van der Waals surface area contributed by atoms with Crippen molar-refractivity contribution in [2.24, 2.45) is 5.92 Å². The van der Waals surface area contributed by atoms with Crippen LogP contribution in [0.3, 0.4) is 0 Å². The lowest BCUT2D eigenvalue weighted by molar-refractivity contribution is -0.121. The van der Waals surface area contributed by atoms with E-state index in [2.05, 4.69) is 10.0 Å². The molecule has 2 aromatic rings. The maximum Gasteiger partial charge on any atom is 0.240 e. The van der Waals surface area contributed by atoms with Crippen molar-refractivity contribution in [3.63, 3.8) is 0 Å². The Morgan fingerprint density at radius 2 is 2.03 bits per heavy atom. The molecule has 30 heavy (non-hydrogen) atoms. The maximum absolute atomic E-state index is 12.6. The van der Waals surface area contributed by atoms with Crippen molar-refractivity contribution in [3.05, 3.63) is 47.9 Å². The van der Waals surface area contributed by atoms with Crippen molar-refractivity contribution < 1.29 is 22.4 Å². The Morgan fingerprint density at radius 1 is 1.23 bits per heavy atom. The van der Waals surface area contributed by atoms with Gasteiger partial charge in [-0.2, -0.15) is 0 Å². The molecule has 0 unspecified atom stereocenters. The van der Waals surface area contributed by atoms with Gasteiger partial charge < -0.3 is 14.6 Å². The fraction of sp³-hybridized carbons (Fsp3) is 0.429. The van der Waals surface area contributed by atoms with Crippen LogP contribution in [0, 0.1) is 5.92 Å². The smallest absolute Gasteiger partial charge is 0.240 e. The summed E-state index contributed by atoms with van der Waals surface area (Å²) in [6.07, 6.45) is 4.04. The molecule has 4 rings (SSSR count). The molecule has 9 heteroatoms. The molecule has 1 fully saturated rings. The molecule has 2 heterocycles. The minimum Gasteiger partial charge on any atom is -0.467 e.